The second-order valence-corrected chi connectivity index (χ2v) is 6.21. The number of amides is 1. The van der Waals surface area contributed by atoms with Crippen molar-refractivity contribution < 1.29 is 18.0 Å². The van der Waals surface area contributed by atoms with Crippen molar-refractivity contribution in [1.29, 1.82) is 0 Å². The minimum atomic E-state index is -2.67. The van der Waals surface area contributed by atoms with Gasteiger partial charge in [0, 0.05) is 23.3 Å². The van der Waals surface area contributed by atoms with Crippen LogP contribution in [-0.4, -0.2) is 15.5 Å². The number of halogens is 2. The fourth-order valence-corrected chi connectivity index (χ4v) is 3.36. The van der Waals surface area contributed by atoms with E-state index in [0.29, 0.717) is 0 Å². The van der Waals surface area contributed by atoms with Crippen LogP contribution >= 0.6 is 0 Å². The number of rotatable bonds is 5. The van der Waals surface area contributed by atoms with Gasteiger partial charge in [-0.15, -0.1) is 0 Å². The number of aryl methyl sites for hydroxylation is 2. The van der Waals surface area contributed by atoms with Gasteiger partial charge in [-0.25, -0.2) is 4.98 Å². The number of carbonyl (C=O) groups is 1. The molecule has 3 aromatic rings. The normalized spacial score (nSPS) is 13.6. The van der Waals surface area contributed by atoms with Gasteiger partial charge < -0.3 is 9.73 Å². The number of carbonyl (C=O) groups excluding carboxylic acids is 1. The van der Waals surface area contributed by atoms with Gasteiger partial charge in [0.05, 0.1) is 19.2 Å². The van der Waals surface area contributed by atoms with Gasteiger partial charge in [-0.1, -0.05) is 0 Å². The second kappa shape index (κ2) is 6.31. The Balaban J connectivity index is 1.46. The Kier molecular flexibility index (Phi) is 3.99. The predicted molar refractivity (Wildman–Crippen MR) is 87.3 cm³/mol. The number of furan rings is 1. The summed E-state index contributed by atoms with van der Waals surface area (Å²) >= 11 is 0. The molecule has 0 bridgehead atoms. The molecule has 130 valence electrons. The van der Waals surface area contributed by atoms with E-state index in [0.717, 1.165) is 40.4 Å². The monoisotopic (exact) mass is 345 g/mol. The number of hydrogen-bond donors (Lipinski definition) is 1. The fraction of sp³-hybridized carbons (Fsp3) is 0.333. The van der Waals surface area contributed by atoms with Crippen molar-refractivity contribution in [2.24, 2.45) is 0 Å². The summed E-state index contributed by atoms with van der Waals surface area (Å²) in [4.78, 5) is 16.0. The molecule has 1 aliphatic rings. The Bertz CT molecular complexity index is 930. The molecular weight excluding hydrogens is 328 g/mol. The van der Waals surface area contributed by atoms with Gasteiger partial charge in [-0.05, 0) is 42.5 Å². The maximum Gasteiger partial charge on any atom is 0.319 e. The summed E-state index contributed by atoms with van der Waals surface area (Å²) in [6.45, 7) is -2.71. The molecule has 25 heavy (non-hydrogen) atoms. The molecule has 0 saturated heterocycles. The minimum absolute atomic E-state index is 0.0403. The van der Waals surface area contributed by atoms with Crippen LogP contribution in [0.15, 0.2) is 35.2 Å². The van der Waals surface area contributed by atoms with Crippen molar-refractivity contribution in [3.63, 3.8) is 0 Å². The van der Waals surface area contributed by atoms with Gasteiger partial charge in [0.2, 0.25) is 5.91 Å². The largest absolute Gasteiger partial charge is 0.464 e. The Morgan fingerprint density at radius 1 is 1.32 bits per heavy atom. The third-order valence-corrected chi connectivity index (χ3v) is 4.62. The van der Waals surface area contributed by atoms with E-state index in [1.54, 1.807) is 6.26 Å². The topological polar surface area (TPSA) is 60.1 Å². The molecule has 0 aliphatic heterocycles. The maximum atomic E-state index is 12.8. The maximum absolute atomic E-state index is 12.8. The number of hydrogen-bond acceptors (Lipinski definition) is 3. The second-order valence-electron chi connectivity index (χ2n) is 6.21. The molecule has 0 spiro atoms. The quantitative estimate of drug-likeness (QED) is 0.771. The lowest BCUT2D eigenvalue weighted by Crippen LogP contribution is -2.26. The molecule has 7 heteroatoms. The van der Waals surface area contributed by atoms with Crippen molar-refractivity contribution in [3.05, 3.63) is 53.3 Å². The van der Waals surface area contributed by atoms with Gasteiger partial charge in [0.25, 0.3) is 0 Å². The first kappa shape index (κ1) is 15.8. The van der Waals surface area contributed by atoms with E-state index in [1.807, 2.05) is 0 Å². The van der Waals surface area contributed by atoms with Crippen molar-refractivity contribution in [1.82, 2.24) is 14.9 Å². The standard InChI is InChI=1S/C18H17F2N3O2/c19-18(20)23-5-4-21-16(23)9-22-17(24)8-13-10-25-15-7-12-3-1-2-11(12)6-14(13)15/h4-7,10,18H,1-3,8-9H2,(H,22,24). The molecule has 2 heterocycles. The summed E-state index contributed by atoms with van der Waals surface area (Å²) in [5.74, 6) is -0.134. The van der Waals surface area contributed by atoms with Crippen molar-refractivity contribution in [2.75, 3.05) is 0 Å². The first-order valence-electron chi connectivity index (χ1n) is 8.20. The molecule has 0 fully saturated rings. The highest BCUT2D eigenvalue weighted by atomic mass is 19.3. The van der Waals surface area contributed by atoms with Gasteiger partial charge in [-0.3, -0.25) is 9.36 Å². The third kappa shape index (κ3) is 3.01. The summed E-state index contributed by atoms with van der Waals surface area (Å²) in [7, 11) is 0. The summed E-state index contributed by atoms with van der Waals surface area (Å²) in [6, 6.07) is 4.16. The van der Waals surface area contributed by atoms with Crippen LogP contribution in [0.2, 0.25) is 0 Å². The molecule has 5 nitrogen and oxygen atoms in total. The average molecular weight is 345 g/mol. The summed E-state index contributed by atoms with van der Waals surface area (Å²) in [5.41, 5.74) is 4.22. The zero-order valence-corrected chi connectivity index (χ0v) is 13.5. The SMILES string of the molecule is O=C(Cc1coc2cc3c(cc12)CCC3)NCc1nccn1C(F)F. The molecule has 0 atom stereocenters. The van der Waals surface area contributed by atoms with Crippen LogP contribution in [-0.2, 0) is 30.6 Å². The molecular formula is C18H17F2N3O2. The number of nitrogens with zero attached hydrogens (tertiary/aromatic N) is 2. The zero-order chi connectivity index (χ0) is 17.4. The molecule has 1 amide bonds. The summed E-state index contributed by atoms with van der Waals surface area (Å²) in [5, 5.41) is 3.59. The number of benzene rings is 1. The molecule has 0 saturated carbocycles. The fourth-order valence-electron chi connectivity index (χ4n) is 3.36. The van der Waals surface area contributed by atoms with Crippen molar-refractivity contribution in [2.45, 2.75) is 38.8 Å². The smallest absolute Gasteiger partial charge is 0.319 e. The molecule has 4 rings (SSSR count). The van der Waals surface area contributed by atoms with E-state index >= 15 is 0 Å². The summed E-state index contributed by atoms with van der Waals surface area (Å²) < 4.78 is 31.9. The number of aromatic nitrogens is 2. The molecule has 0 radical (unpaired) electrons. The van der Waals surface area contributed by atoms with Gasteiger partial charge >= 0.3 is 6.55 Å². The van der Waals surface area contributed by atoms with E-state index in [9.17, 15) is 13.6 Å². The van der Waals surface area contributed by atoms with Crippen molar-refractivity contribution >= 4 is 16.9 Å². The first-order chi connectivity index (χ1) is 12.1. The lowest BCUT2D eigenvalue weighted by atomic mass is 10.0. The van der Waals surface area contributed by atoms with Crippen LogP contribution in [0.4, 0.5) is 8.78 Å². The van der Waals surface area contributed by atoms with Crippen LogP contribution in [0.1, 0.15) is 35.5 Å². The van der Waals surface area contributed by atoms with Gasteiger partial charge in [-0.2, -0.15) is 8.78 Å². The summed E-state index contributed by atoms with van der Waals surface area (Å²) in [6.07, 6.45) is 7.49. The van der Waals surface area contributed by atoms with Crippen LogP contribution < -0.4 is 5.32 Å². The Morgan fingerprint density at radius 3 is 2.92 bits per heavy atom. The van der Waals surface area contributed by atoms with Gasteiger partial charge in [0.1, 0.15) is 11.4 Å². The molecule has 1 N–H and O–H groups in total. The number of nitrogens with one attached hydrogen (secondary N) is 1. The van der Waals surface area contributed by atoms with E-state index in [1.165, 1.54) is 23.5 Å². The number of fused-ring (bicyclic) bond motifs is 2. The van der Waals surface area contributed by atoms with E-state index in [2.05, 4.69) is 22.4 Å². The van der Waals surface area contributed by atoms with Crippen molar-refractivity contribution in [3.8, 4) is 0 Å². The molecule has 0 unspecified atom stereocenters. The molecule has 1 aromatic carbocycles. The van der Waals surface area contributed by atoms with Crippen LogP contribution in [0, 0.1) is 0 Å². The Labute approximate surface area is 142 Å². The van der Waals surface area contributed by atoms with Gasteiger partial charge in [0.15, 0.2) is 0 Å². The number of imidazole rings is 1. The minimum Gasteiger partial charge on any atom is -0.464 e. The average Bonchev–Trinajstić information content (AvgIpc) is 3.30. The molecule has 1 aliphatic carbocycles. The van der Waals surface area contributed by atoms with Crippen LogP contribution in [0.25, 0.3) is 11.0 Å². The third-order valence-electron chi connectivity index (χ3n) is 4.62. The highest BCUT2D eigenvalue weighted by molar-refractivity contribution is 5.88. The lowest BCUT2D eigenvalue weighted by Gasteiger charge is -2.07. The number of alkyl halides is 2. The Morgan fingerprint density at radius 2 is 2.12 bits per heavy atom. The zero-order valence-electron chi connectivity index (χ0n) is 13.5. The van der Waals surface area contributed by atoms with Crippen LogP contribution in [0.3, 0.4) is 0 Å². The van der Waals surface area contributed by atoms with E-state index in [4.69, 9.17) is 4.42 Å². The van der Waals surface area contributed by atoms with E-state index < -0.39 is 6.55 Å². The van der Waals surface area contributed by atoms with Crippen LogP contribution in [0.5, 0.6) is 0 Å². The predicted octanol–water partition coefficient (Wildman–Crippen LogP) is 3.37. The first-order valence-corrected chi connectivity index (χ1v) is 8.20. The van der Waals surface area contributed by atoms with E-state index in [-0.39, 0.29) is 24.7 Å². The highest BCUT2D eigenvalue weighted by Crippen LogP contribution is 2.30. The molecule has 2 aromatic heterocycles. The Hall–Kier alpha value is -2.70. The lowest BCUT2D eigenvalue weighted by molar-refractivity contribution is -0.120. The highest BCUT2D eigenvalue weighted by Gasteiger charge is 2.17.